The van der Waals surface area contributed by atoms with Crippen molar-refractivity contribution in [3.05, 3.63) is 0 Å². The van der Waals surface area contributed by atoms with Crippen molar-refractivity contribution in [1.82, 2.24) is 10.2 Å². The molecule has 1 spiro atoms. The van der Waals surface area contributed by atoms with Gasteiger partial charge in [-0.1, -0.05) is 49.5 Å². The fraction of sp³-hybridized carbons (Fsp3) is 0.864. The number of carbonyl (C=O) groups is 3. The van der Waals surface area contributed by atoms with E-state index in [-0.39, 0.29) is 35.8 Å². The molecule has 0 radical (unpaired) electrons. The monoisotopic (exact) mass is 502 g/mol. The number of rotatable bonds is 10. The maximum Gasteiger partial charge on any atom is 0.312 e. The fourth-order valence-electron chi connectivity index (χ4n) is 5.53. The first kappa shape index (κ1) is 24.5. The number of alkyl halides is 1. The Morgan fingerprint density at radius 2 is 2.10 bits per heavy atom. The van der Waals surface area contributed by atoms with Gasteiger partial charge < -0.3 is 24.8 Å². The number of aliphatic hydroxyl groups excluding tert-OH is 1. The van der Waals surface area contributed by atoms with Gasteiger partial charge in [0.05, 0.1) is 37.2 Å². The van der Waals surface area contributed by atoms with E-state index in [1.165, 1.54) is 4.90 Å². The average Bonchev–Trinajstić information content (AvgIpc) is 3.32. The number of fused-ring (bicyclic) bond motifs is 1. The third-order valence-corrected chi connectivity index (χ3v) is 8.05. The third kappa shape index (κ3) is 3.91. The Morgan fingerprint density at radius 1 is 1.39 bits per heavy atom. The van der Waals surface area contributed by atoms with Crippen molar-refractivity contribution in [2.75, 3.05) is 19.8 Å². The summed E-state index contributed by atoms with van der Waals surface area (Å²) in [7, 11) is 0. The van der Waals surface area contributed by atoms with Crippen LogP contribution in [0.5, 0.6) is 0 Å². The molecule has 0 aromatic heterocycles. The van der Waals surface area contributed by atoms with E-state index in [0.717, 1.165) is 19.3 Å². The molecule has 0 aliphatic carbocycles. The van der Waals surface area contributed by atoms with Gasteiger partial charge in [0.2, 0.25) is 11.8 Å². The molecule has 8 nitrogen and oxygen atoms in total. The smallest absolute Gasteiger partial charge is 0.312 e. The SMILES string of the molecule is CCCCNC(=O)[C@@H]1N([C@@H](CO)[C@@H](C)CC)C(=O)[C@H]2[C@H](C(=O)OCC)[C@H]3O[C@@]12CC3Br. The van der Waals surface area contributed by atoms with Gasteiger partial charge in [-0.25, -0.2) is 0 Å². The number of amides is 2. The van der Waals surface area contributed by atoms with Crippen molar-refractivity contribution in [2.24, 2.45) is 17.8 Å². The van der Waals surface area contributed by atoms with Crippen LogP contribution >= 0.6 is 15.9 Å². The average molecular weight is 503 g/mol. The summed E-state index contributed by atoms with van der Waals surface area (Å²) in [5.74, 6) is -2.62. The van der Waals surface area contributed by atoms with E-state index >= 15 is 0 Å². The van der Waals surface area contributed by atoms with Crippen molar-refractivity contribution < 1.29 is 29.0 Å². The molecule has 3 saturated heterocycles. The van der Waals surface area contributed by atoms with Crippen molar-refractivity contribution in [3.63, 3.8) is 0 Å². The van der Waals surface area contributed by atoms with Crippen LogP contribution < -0.4 is 5.32 Å². The molecule has 3 aliphatic rings. The zero-order valence-electron chi connectivity index (χ0n) is 18.8. The topological polar surface area (TPSA) is 105 Å². The molecule has 2 bridgehead atoms. The molecule has 3 fully saturated rings. The van der Waals surface area contributed by atoms with Gasteiger partial charge in [0, 0.05) is 11.4 Å². The van der Waals surface area contributed by atoms with Crippen molar-refractivity contribution in [2.45, 2.75) is 82.0 Å². The number of nitrogens with one attached hydrogen (secondary N) is 1. The van der Waals surface area contributed by atoms with Crippen LogP contribution in [0.4, 0.5) is 0 Å². The lowest BCUT2D eigenvalue weighted by Crippen LogP contribution is -2.59. The van der Waals surface area contributed by atoms with Gasteiger partial charge in [0.15, 0.2) is 0 Å². The van der Waals surface area contributed by atoms with Crippen molar-refractivity contribution in [1.29, 1.82) is 0 Å². The summed E-state index contributed by atoms with van der Waals surface area (Å²) in [6, 6.07) is -1.42. The molecule has 3 aliphatic heterocycles. The molecule has 3 heterocycles. The van der Waals surface area contributed by atoms with E-state index < -0.39 is 41.6 Å². The normalized spacial score (nSPS) is 35.7. The Labute approximate surface area is 192 Å². The van der Waals surface area contributed by atoms with Crippen LogP contribution in [0.2, 0.25) is 0 Å². The predicted octanol–water partition coefficient (Wildman–Crippen LogP) is 1.62. The number of carbonyl (C=O) groups excluding carboxylic acids is 3. The molecule has 8 atom stereocenters. The first-order valence-electron chi connectivity index (χ1n) is 11.5. The minimum absolute atomic E-state index is 0.0203. The number of hydrogen-bond acceptors (Lipinski definition) is 6. The van der Waals surface area contributed by atoms with Gasteiger partial charge in [-0.15, -0.1) is 0 Å². The summed E-state index contributed by atoms with van der Waals surface area (Å²) < 4.78 is 11.7. The zero-order valence-corrected chi connectivity index (χ0v) is 20.4. The number of esters is 1. The molecule has 0 aromatic rings. The highest BCUT2D eigenvalue weighted by molar-refractivity contribution is 9.09. The number of nitrogens with zero attached hydrogens (tertiary/aromatic N) is 1. The fourth-order valence-corrected chi connectivity index (χ4v) is 6.47. The van der Waals surface area contributed by atoms with Crippen LogP contribution in [0.25, 0.3) is 0 Å². The molecule has 3 rings (SSSR count). The van der Waals surface area contributed by atoms with Gasteiger partial charge in [-0.2, -0.15) is 0 Å². The van der Waals surface area contributed by atoms with E-state index in [0.29, 0.717) is 13.0 Å². The summed E-state index contributed by atoms with van der Waals surface area (Å²) in [6.45, 7) is 8.17. The molecule has 0 saturated carbocycles. The highest BCUT2D eigenvalue weighted by Gasteiger charge is 2.77. The van der Waals surface area contributed by atoms with Crippen LogP contribution in [-0.2, 0) is 23.9 Å². The van der Waals surface area contributed by atoms with E-state index in [9.17, 15) is 19.5 Å². The number of unbranched alkanes of at least 4 members (excludes halogenated alkanes) is 1. The van der Waals surface area contributed by atoms with E-state index in [1.807, 2.05) is 20.8 Å². The van der Waals surface area contributed by atoms with Crippen LogP contribution in [0.3, 0.4) is 0 Å². The summed E-state index contributed by atoms with van der Waals surface area (Å²) in [5.41, 5.74) is -1.11. The summed E-state index contributed by atoms with van der Waals surface area (Å²) >= 11 is 3.62. The van der Waals surface area contributed by atoms with E-state index in [4.69, 9.17) is 9.47 Å². The lowest BCUT2D eigenvalue weighted by Gasteiger charge is -2.38. The van der Waals surface area contributed by atoms with Gasteiger partial charge >= 0.3 is 5.97 Å². The van der Waals surface area contributed by atoms with Crippen LogP contribution in [0.15, 0.2) is 0 Å². The minimum Gasteiger partial charge on any atom is -0.466 e. The second-order valence-electron chi connectivity index (χ2n) is 8.94. The van der Waals surface area contributed by atoms with Crippen molar-refractivity contribution >= 4 is 33.7 Å². The van der Waals surface area contributed by atoms with Gasteiger partial charge in [0.25, 0.3) is 0 Å². The van der Waals surface area contributed by atoms with Gasteiger partial charge in [-0.05, 0) is 25.7 Å². The minimum atomic E-state index is -1.11. The zero-order chi connectivity index (χ0) is 22.9. The maximum atomic E-state index is 13.8. The first-order chi connectivity index (χ1) is 14.8. The Hall–Kier alpha value is -1.19. The molecule has 31 heavy (non-hydrogen) atoms. The first-order valence-corrected chi connectivity index (χ1v) is 12.4. The molecule has 2 N–H and O–H groups in total. The van der Waals surface area contributed by atoms with Gasteiger partial charge in [0.1, 0.15) is 11.6 Å². The largest absolute Gasteiger partial charge is 0.466 e. The summed E-state index contributed by atoms with van der Waals surface area (Å²) in [4.78, 5) is 41.4. The Kier molecular flexibility index (Phi) is 7.69. The molecular formula is C22H35BrN2O6. The number of aliphatic hydroxyl groups is 1. The highest BCUT2D eigenvalue weighted by atomic mass is 79.9. The van der Waals surface area contributed by atoms with Crippen LogP contribution in [-0.4, -0.2) is 76.2 Å². The van der Waals surface area contributed by atoms with E-state index in [2.05, 4.69) is 21.2 Å². The number of hydrogen-bond donors (Lipinski definition) is 2. The summed E-state index contributed by atoms with van der Waals surface area (Å²) in [5, 5.41) is 13.2. The molecule has 9 heteroatoms. The Balaban J connectivity index is 2.05. The second-order valence-corrected chi connectivity index (χ2v) is 10.1. The van der Waals surface area contributed by atoms with Gasteiger partial charge in [-0.3, -0.25) is 14.4 Å². The summed E-state index contributed by atoms with van der Waals surface area (Å²) in [6.07, 6.45) is 2.43. The molecule has 176 valence electrons. The lowest BCUT2D eigenvalue weighted by molar-refractivity contribution is -0.155. The molecule has 2 amide bonds. The Morgan fingerprint density at radius 3 is 2.68 bits per heavy atom. The van der Waals surface area contributed by atoms with E-state index in [1.54, 1.807) is 6.92 Å². The van der Waals surface area contributed by atoms with Crippen LogP contribution in [0, 0.1) is 17.8 Å². The number of likely N-dealkylation sites (tertiary alicyclic amines) is 1. The number of halogens is 1. The number of ether oxygens (including phenoxy) is 2. The second kappa shape index (κ2) is 9.75. The maximum absolute atomic E-state index is 13.8. The standard InChI is InChI=1S/C22H35BrN2O6/c1-5-8-9-24-19(27)18-22-10-13(23)17(31-22)15(21(29)30-7-3)16(22)20(28)25(18)14(11-26)12(4)6-2/h12-18,26H,5-11H2,1-4H3,(H,24,27)/t12-,13?,14-,15-,16+,17-,18-,22+/m0/s1. The molecular weight excluding hydrogens is 468 g/mol. The molecule has 0 aromatic carbocycles. The third-order valence-electron chi connectivity index (χ3n) is 7.21. The lowest BCUT2D eigenvalue weighted by atomic mass is 9.70. The van der Waals surface area contributed by atoms with Crippen molar-refractivity contribution in [3.8, 4) is 0 Å². The van der Waals surface area contributed by atoms with Crippen LogP contribution in [0.1, 0.15) is 53.4 Å². The Bertz CT molecular complexity index is 705. The highest BCUT2D eigenvalue weighted by Crippen LogP contribution is 2.60. The quantitative estimate of drug-likeness (QED) is 0.267. The predicted molar refractivity (Wildman–Crippen MR) is 117 cm³/mol. The molecule has 1 unspecified atom stereocenters.